The number of carbonyl (C=O) groups excluding carboxylic acids is 3. The molecule has 1 aliphatic carbocycles. The molecule has 2 N–H and O–H groups in total. The first-order valence-corrected chi connectivity index (χ1v) is 8.51. The smallest absolute Gasteiger partial charge is 0.291 e. The minimum Gasteiger partial charge on any atom is -0.455 e. The molecule has 1 aromatic carbocycles. The first-order chi connectivity index (χ1) is 12.2. The van der Waals surface area contributed by atoms with E-state index in [1.54, 1.807) is 31.2 Å². The molecule has 6 nitrogen and oxygen atoms in total. The minimum atomic E-state index is -0.394. The molecule has 6 heteroatoms. The highest BCUT2D eigenvalue weighted by Crippen LogP contribution is 2.38. The summed E-state index contributed by atoms with van der Waals surface area (Å²) in [5.41, 5.74) is 2.20. The summed E-state index contributed by atoms with van der Waals surface area (Å²) >= 11 is 0. The van der Waals surface area contributed by atoms with Crippen molar-refractivity contribution in [2.45, 2.75) is 40.5 Å². The van der Waals surface area contributed by atoms with Crippen LogP contribution in [0.2, 0.25) is 0 Å². The summed E-state index contributed by atoms with van der Waals surface area (Å²) < 4.78 is 5.76. The van der Waals surface area contributed by atoms with Crippen LogP contribution in [0.5, 0.6) is 0 Å². The molecule has 0 saturated heterocycles. The average molecular weight is 354 g/mol. The molecule has 1 aliphatic rings. The van der Waals surface area contributed by atoms with Crippen LogP contribution in [0.25, 0.3) is 0 Å². The highest BCUT2D eigenvalue weighted by atomic mass is 16.4. The maximum Gasteiger partial charge on any atom is 0.291 e. The highest BCUT2D eigenvalue weighted by molar-refractivity contribution is 6.07. The molecule has 136 valence electrons. The third-order valence-electron chi connectivity index (χ3n) is 4.45. The molecule has 0 saturated carbocycles. The van der Waals surface area contributed by atoms with Crippen LogP contribution >= 0.6 is 0 Å². The van der Waals surface area contributed by atoms with Gasteiger partial charge in [0.2, 0.25) is 5.91 Å². The lowest BCUT2D eigenvalue weighted by molar-refractivity contribution is -0.114. The quantitative estimate of drug-likeness (QED) is 0.873. The van der Waals surface area contributed by atoms with Gasteiger partial charge in [0.05, 0.1) is 5.56 Å². The van der Waals surface area contributed by atoms with Crippen LogP contribution in [0, 0.1) is 12.3 Å². The van der Waals surface area contributed by atoms with Crippen molar-refractivity contribution in [2.75, 3.05) is 10.6 Å². The summed E-state index contributed by atoms with van der Waals surface area (Å²) in [4.78, 5) is 36.1. The Morgan fingerprint density at radius 2 is 1.62 bits per heavy atom. The number of amides is 2. The van der Waals surface area contributed by atoms with Gasteiger partial charge in [0.1, 0.15) is 5.76 Å². The van der Waals surface area contributed by atoms with Gasteiger partial charge in [-0.2, -0.15) is 0 Å². The van der Waals surface area contributed by atoms with Gasteiger partial charge in [-0.15, -0.1) is 0 Å². The van der Waals surface area contributed by atoms with E-state index < -0.39 is 5.91 Å². The van der Waals surface area contributed by atoms with E-state index in [1.807, 2.05) is 13.8 Å². The molecule has 0 aliphatic heterocycles. The summed E-state index contributed by atoms with van der Waals surface area (Å²) in [6.07, 6.45) is 1.08. The molecule has 0 bridgehead atoms. The van der Waals surface area contributed by atoms with E-state index in [0.717, 1.165) is 0 Å². The van der Waals surface area contributed by atoms with Crippen molar-refractivity contribution in [3.63, 3.8) is 0 Å². The number of anilines is 2. The van der Waals surface area contributed by atoms with Gasteiger partial charge in [0, 0.05) is 36.7 Å². The van der Waals surface area contributed by atoms with Crippen LogP contribution in [-0.4, -0.2) is 17.6 Å². The summed E-state index contributed by atoms with van der Waals surface area (Å²) in [5, 5.41) is 5.43. The fourth-order valence-electron chi connectivity index (χ4n) is 3.33. The summed E-state index contributed by atoms with van der Waals surface area (Å²) in [7, 11) is 0. The lowest BCUT2D eigenvalue weighted by Crippen LogP contribution is -2.26. The molecule has 1 heterocycles. The SMILES string of the molecule is CC(=O)Nc1ccc(NC(=O)c2oc3c(c2C)C(=O)CC(C)(C)C3)cc1. The van der Waals surface area contributed by atoms with Gasteiger partial charge >= 0.3 is 0 Å². The second-order valence-corrected chi connectivity index (χ2v) is 7.51. The molecule has 1 aromatic heterocycles. The van der Waals surface area contributed by atoms with E-state index in [9.17, 15) is 14.4 Å². The van der Waals surface area contributed by atoms with Gasteiger partial charge in [-0.1, -0.05) is 13.8 Å². The zero-order valence-corrected chi connectivity index (χ0v) is 15.4. The number of rotatable bonds is 3. The number of hydrogen-bond acceptors (Lipinski definition) is 4. The van der Waals surface area contributed by atoms with E-state index in [1.165, 1.54) is 6.92 Å². The van der Waals surface area contributed by atoms with E-state index in [-0.39, 0.29) is 22.9 Å². The molecule has 26 heavy (non-hydrogen) atoms. The first kappa shape index (κ1) is 17.9. The number of carbonyl (C=O) groups is 3. The van der Waals surface area contributed by atoms with Crippen LogP contribution in [0.15, 0.2) is 28.7 Å². The van der Waals surface area contributed by atoms with Crippen LogP contribution in [0.4, 0.5) is 11.4 Å². The second-order valence-electron chi connectivity index (χ2n) is 7.51. The van der Waals surface area contributed by atoms with Gasteiger partial charge in [-0.05, 0) is 36.6 Å². The zero-order chi connectivity index (χ0) is 19.1. The number of ketones is 1. The van der Waals surface area contributed by atoms with Crippen LogP contribution < -0.4 is 10.6 Å². The first-order valence-electron chi connectivity index (χ1n) is 8.51. The Morgan fingerprint density at radius 1 is 1.04 bits per heavy atom. The Kier molecular flexibility index (Phi) is 4.44. The molecular weight excluding hydrogens is 332 g/mol. The van der Waals surface area contributed by atoms with Crippen molar-refractivity contribution >= 4 is 29.0 Å². The number of benzene rings is 1. The van der Waals surface area contributed by atoms with Gasteiger partial charge in [-0.25, -0.2) is 0 Å². The Balaban J connectivity index is 1.81. The van der Waals surface area contributed by atoms with Gasteiger partial charge < -0.3 is 15.1 Å². The van der Waals surface area contributed by atoms with Gasteiger partial charge in [0.15, 0.2) is 11.5 Å². The molecule has 3 rings (SSSR count). The Bertz CT molecular complexity index is 891. The maximum absolute atomic E-state index is 12.6. The van der Waals surface area contributed by atoms with Gasteiger partial charge in [0.25, 0.3) is 5.91 Å². The average Bonchev–Trinajstić information content (AvgIpc) is 2.84. The fourth-order valence-corrected chi connectivity index (χ4v) is 3.33. The number of furan rings is 1. The lowest BCUT2D eigenvalue weighted by Gasteiger charge is -2.27. The molecule has 0 unspecified atom stereocenters. The molecule has 0 spiro atoms. The molecule has 0 radical (unpaired) electrons. The Labute approximate surface area is 152 Å². The molecule has 2 amide bonds. The van der Waals surface area contributed by atoms with Crippen molar-refractivity contribution in [1.82, 2.24) is 0 Å². The molecular formula is C20H22N2O4. The van der Waals surface area contributed by atoms with Crippen LogP contribution in [0.1, 0.15) is 59.4 Å². The standard InChI is InChI=1S/C20H22N2O4/c1-11-17-15(24)9-20(3,4)10-16(17)26-18(11)19(25)22-14-7-5-13(6-8-14)21-12(2)23/h5-8H,9-10H2,1-4H3,(H,21,23)(H,22,25). The third-order valence-corrected chi connectivity index (χ3v) is 4.45. The van der Waals surface area contributed by atoms with E-state index in [4.69, 9.17) is 4.42 Å². The largest absolute Gasteiger partial charge is 0.455 e. The van der Waals surface area contributed by atoms with Crippen molar-refractivity contribution < 1.29 is 18.8 Å². The molecule has 2 aromatic rings. The highest BCUT2D eigenvalue weighted by Gasteiger charge is 2.37. The monoisotopic (exact) mass is 354 g/mol. The topological polar surface area (TPSA) is 88.4 Å². The summed E-state index contributed by atoms with van der Waals surface area (Å²) in [6, 6.07) is 6.78. The predicted octanol–water partition coefficient (Wildman–Crippen LogP) is 3.95. The summed E-state index contributed by atoms with van der Waals surface area (Å²) in [5.74, 6) is 0.235. The Morgan fingerprint density at radius 3 is 2.19 bits per heavy atom. The third kappa shape index (κ3) is 3.54. The van der Waals surface area contributed by atoms with Crippen molar-refractivity contribution in [1.29, 1.82) is 0 Å². The van der Waals surface area contributed by atoms with Crippen LogP contribution in [-0.2, 0) is 11.2 Å². The number of nitrogens with one attached hydrogen (secondary N) is 2. The van der Waals surface area contributed by atoms with Crippen LogP contribution in [0.3, 0.4) is 0 Å². The number of hydrogen-bond donors (Lipinski definition) is 2. The molecule has 0 fully saturated rings. The molecule has 0 atom stereocenters. The lowest BCUT2D eigenvalue weighted by atomic mass is 9.76. The van der Waals surface area contributed by atoms with E-state index in [2.05, 4.69) is 10.6 Å². The fraction of sp³-hybridized carbons (Fsp3) is 0.350. The van der Waals surface area contributed by atoms with Crippen molar-refractivity contribution in [3.05, 3.63) is 46.9 Å². The second kappa shape index (κ2) is 6.44. The van der Waals surface area contributed by atoms with E-state index in [0.29, 0.717) is 41.1 Å². The predicted molar refractivity (Wildman–Crippen MR) is 98.6 cm³/mol. The minimum absolute atomic E-state index is 0.0243. The van der Waals surface area contributed by atoms with E-state index >= 15 is 0 Å². The normalized spacial score (nSPS) is 15.3. The summed E-state index contributed by atoms with van der Waals surface area (Å²) in [6.45, 7) is 7.21. The Hall–Kier alpha value is -2.89. The van der Waals surface area contributed by atoms with Crippen molar-refractivity contribution in [3.8, 4) is 0 Å². The number of Topliss-reactive ketones (excluding diaryl/α,β-unsaturated/α-hetero) is 1. The van der Waals surface area contributed by atoms with Gasteiger partial charge in [-0.3, -0.25) is 14.4 Å². The number of fused-ring (bicyclic) bond motifs is 1. The van der Waals surface area contributed by atoms with Crippen molar-refractivity contribution in [2.24, 2.45) is 5.41 Å². The zero-order valence-electron chi connectivity index (χ0n) is 15.4. The maximum atomic E-state index is 12.6.